The molecule has 0 bridgehead atoms. The van der Waals surface area contributed by atoms with Gasteiger partial charge in [-0.05, 0) is 80.1 Å². The molecule has 0 saturated heterocycles. The van der Waals surface area contributed by atoms with E-state index < -0.39 is 5.91 Å². The van der Waals surface area contributed by atoms with Gasteiger partial charge in [0, 0.05) is 17.1 Å². The van der Waals surface area contributed by atoms with Gasteiger partial charge < -0.3 is 14.3 Å². The Balaban J connectivity index is 1.54. The summed E-state index contributed by atoms with van der Waals surface area (Å²) in [6, 6.07) is 16.5. The average Bonchev–Trinajstić information content (AvgIpc) is 3.44. The number of carbonyl (C=O) groups is 1. The normalized spacial score (nSPS) is 14.8. The van der Waals surface area contributed by atoms with E-state index in [1.807, 2.05) is 26.0 Å². The minimum absolute atomic E-state index is 0.0736. The third-order valence-electron chi connectivity index (χ3n) is 6.37. The zero-order valence-corrected chi connectivity index (χ0v) is 18.7. The second kappa shape index (κ2) is 9.74. The molecule has 5 heteroatoms. The minimum atomic E-state index is -0.412. The summed E-state index contributed by atoms with van der Waals surface area (Å²) in [5.74, 6) is 0.914. The van der Waals surface area contributed by atoms with E-state index in [-0.39, 0.29) is 12.1 Å². The smallest absolute Gasteiger partial charge is 0.262 e. The van der Waals surface area contributed by atoms with Crippen LogP contribution in [0.4, 0.5) is 0 Å². The zero-order valence-electron chi connectivity index (χ0n) is 18.7. The number of amides is 1. The van der Waals surface area contributed by atoms with Gasteiger partial charge in [-0.15, -0.1) is 0 Å². The third kappa shape index (κ3) is 4.70. The van der Waals surface area contributed by atoms with E-state index in [1.54, 1.807) is 24.5 Å². The van der Waals surface area contributed by atoms with Crippen molar-refractivity contribution in [1.82, 2.24) is 9.88 Å². The van der Waals surface area contributed by atoms with Crippen molar-refractivity contribution in [3.05, 3.63) is 82.6 Å². The van der Waals surface area contributed by atoms with E-state index in [0.717, 1.165) is 22.6 Å². The fourth-order valence-electron chi connectivity index (χ4n) is 4.64. The molecule has 0 unspecified atom stereocenters. The maximum Gasteiger partial charge on any atom is 0.262 e. The number of nitrogens with zero attached hydrogens (tertiary/aromatic N) is 2. The van der Waals surface area contributed by atoms with E-state index in [4.69, 9.17) is 4.42 Å². The van der Waals surface area contributed by atoms with Gasteiger partial charge in [-0.25, -0.2) is 0 Å². The lowest BCUT2D eigenvalue weighted by atomic mass is 9.84. The minimum Gasteiger partial charge on any atom is -0.467 e. The largest absolute Gasteiger partial charge is 0.467 e. The van der Waals surface area contributed by atoms with E-state index in [2.05, 4.69) is 34.1 Å². The maximum atomic E-state index is 12.5. The maximum absolute atomic E-state index is 12.5. The van der Waals surface area contributed by atoms with E-state index >= 15 is 0 Å². The Morgan fingerprint density at radius 1 is 1.19 bits per heavy atom. The highest BCUT2D eigenvalue weighted by atomic mass is 16.3. The fourth-order valence-corrected chi connectivity index (χ4v) is 4.64. The van der Waals surface area contributed by atoms with Crippen LogP contribution >= 0.6 is 0 Å². The first-order valence-electron chi connectivity index (χ1n) is 11.3. The molecule has 4 rings (SSSR count). The highest BCUT2D eigenvalue weighted by molar-refractivity contribution is 6.01. The molecule has 1 N–H and O–H groups in total. The molecule has 0 spiro atoms. The number of carbonyl (C=O) groups excluding carboxylic acids is 1. The SMILES string of the molecule is Cc1cc(/C=C(\C#N)C(=O)NCc2ccco2)c(C)n1-c1ccc(C2CCCCC2)cc1. The number of benzene rings is 1. The number of nitrogens with one attached hydrogen (secondary N) is 1. The Bertz CT molecular complexity index is 1140. The van der Waals surface area contributed by atoms with Gasteiger partial charge in [0.15, 0.2) is 0 Å². The van der Waals surface area contributed by atoms with Crippen LogP contribution in [-0.4, -0.2) is 10.5 Å². The van der Waals surface area contributed by atoms with Gasteiger partial charge in [0.25, 0.3) is 5.91 Å². The fraction of sp³-hybridized carbons (Fsp3) is 0.333. The molecule has 0 aliphatic heterocycles. The summed E-state index contributed by atoms with van der Waals surface area (Å²) >= 11 is 0. The van der Waals surface area contributed by atoms with Gasteiger partial charge in [-0.2, -0.15) is 5.26 Å². The van der Waals surface area contributed by atoms with Crippen molar-refractivity contribution in [3.8, 4) is 11.8 Å². The van der Waals surface area contributed by atoms with Crippen molar-refractivity contribution < 1.29 is 9.21 Å². The van der Waals surface area contributed by atoms with Crippen LogP contribution in [0.15, 0.2) is 58.7 Å². The van der Waals surface area contributed by atoms with Crippen LogP contribution in [0.25, 0.3) is 11.8 Å². The first-order valence-corrected chi connectivity index (χ1v) is 11.3. The molecule has 32 heavy (non-hydrogen) atoms. The number of nitriles is 1. The highest BCUT2D eigenvalue weighted by Crippen LogP contribution is 2.33. The van der Waals surface area contributed by atoms with Crippen LogP contribution in [-0.2, 0) is 11.3 Å². The first kappa shape index (κ1) is 21.7. The number of aryl methyl sites for hydroxylation is 1. The molecular weight excluding hydrogens is 398 g/mol. The van der Waals surface area contributed by atoms with Gasteiger partial charge >= 0.3 is 0 Å². The molecule has 3 aromatic rings. The van der Waals surface area contributed by atoms with Crippen molar-refractivity contribution in [2.24, 2.45) is 0 Å². The van der Waals surface area contributed by atoms with Crippen molar-refractivity contribution in [3.63, 3.8) is 0 Å². The van der Waals surface area contributed by atoms with Gasteiger partial charge in [0.05, 0.1) is 12.8 Å². The topological polar surface area (TPSA) is 71.0 Å². The number of hydrogen-bond donors (Lipinski definition) is 1. The zero-order chi connectivity index (χ0) is 22.5. The number of hydrogen-bond acceptors (Lipinski definition) is 3. The summed E-state index contributed by atoms with van der Waals surface area (Å²) < 4.78 is 7.40. The number of rotatable bonds is 6. The van der Waals surface area contributed by atoms with Crippen LogP contribution in [0.3, 0.4) is 0 Å². The molecular formula is C27H29N3O2. The Morgan fingerprint density at radius 2 is 1.94 bits per heavy atom. The Morgan fingerprint density at radius 3 is 2.59 bits per heavy atom. The molecule has 1 amide bonds. The lowest BCUT2D eigenvalue weighted by Gasteiger charge is -2.22. The van der Waals surface area contributed by atoms with E-state index in [1.165, 1.54) is 37.7 Å². The highest BCUT2D eigenvalue weighted by Gasteiger charge is 2.17. The molecule has 5 nitrogen and oxygen atoms in total. The Labute approximate surface area is 189 Å². The molecule has 1 aliphatic rings. The quantitative estimate of drug-likeness (QED) is 0.390. The van der Waals surface area contributed by atoms with Crippen LogP contribution < -0.4 is 5.32 Å². The van der Waals surface area contributed by atoms with Crippen LogP contribution in [0, 0.1) is 25.2 Å². The molecule has 1 aliphatic carbocycles. The first-order chi connectivity index (χ1) is 15.6. The lowest BCUT2D eigenvalue weighted by molar-refractivity contribution is -0.117. The predicted molar refractivity (Wildman–Crippen MR) is 125 cm³/mol. The number of furan rings is 1. The molecule has 1 saturated carbocycles. The summed E-state index contributed by atoms with van der Waals surface area (Å²) in [6.07, 6.45) is 9.80. The van der Waals surface area contributed by atoms with Crippen molar-refractivity contribution in [1.29, 1.82) is 5.26 Å². The van der Waals surface area contributed by atoms with Crippen LogP contribution in [0.2, 0.25) is 0 Å². The summed E-state index contributed by atoms with van der Waals surface area (Å²) in [5, 5.41) is 12.3. The molecule has 1 fully saturated rings. The molecule has 2 aromatic heterocycles. The molecule has 1 aromatic carbocycles. The Kier molecular flexibility index (Phi) is 6.61. The summed E-state index contributed by atoms with van der Waals surface area (Å²) in [4.78, 5) is 12.5. The Hall–Kier alpha value is -3.52. The third-order valence-corrected chi connectivity index (χ3v) is 6.37. The van der Waals surface area contributed by atoms with Crippen molar-refractivity contribution >= 4 is 12.0 Å². The van der Waals surface area contributed by atoms with Crippen molar-refractivity contribution in [2.75, 3.05) is 0 Å². The van der Waals surface area contributed by atoms with Gasteiger partial charge in [-0.1, -0.05) is 31.4 Å². The van der Waals surface area contributed by atoms with Gasteiger partial charge in [-0.3, -0.25) is 4.79 Å². The predicted octanol–water partition coefficient (Wildman–Crippen LogP) is 5.96. The van der Waals surface area contributed by atoms with Crippen LogP contribution in [0.5, 0.6) is 0 Å². The van der Waals surface area contributed by atoms with E-state index in [9.17, 15) is 10.1 Å². The molecule has 164 valence electrons. The van der Waals surface area contributed by atoms with Gasteiger partial charge in [0.2, 0.25) is 0 Å². The number of aromatic nitrogens is 1. The monoisotopic (exact) mass is 427 g/mol. The molecule has 0 atom stereocenters. The van der Waals surface area contributed by atoms with Crippen molar-refractivity contribution in [2.45, 2.75) is 58.4 Å². The average molecular weight is 428 g/mol. The second-order valence-corrected chi connectivity index (χ2v) is 8.52. The van der Waals surface area contributed by atoms with E-state index in [0.29, 0.717) is 11.7 Å². The van der Waals surface area contributed by atoms with Gasteiger partial charge in [0.1, 0.15) is 17.4 Å². The molecule has 2 heterocycles. The lowest BCUT2D eigenvalue weighted by Crippen LogP contribution is -2.23. The summed E-state index contributed by atoms with van der Waals surface area (Å²) in [7, 11) is 0. The molecule has 0 radical (unpaired) electrons. The summed E-state index contributed by atoms with van der Waals surface area (Å²) in [5.41, 5.74) is 5.52. The standard InChI is InChI=1S/C27H29N3O2/c1-19-15-23(16-24(17-28)27(31)29-18-26-9-6-14-32-26)20(2)30(19)25-12-10-22(11-13-25)21-7-4-3-5-8-21/h6,9-16,21H,3-5,7-8,18H2,1-2H3,(H,29,31)/b24-16+. The van der Waals surface area contributed by atoms with Crippen LogP contribution in [0.1, 0.15) is 66.3 Å². The second-order valence-electron chi connectivity index (χ2n) is 8.52. The summed E-state index contributed by atoms with van der Waals surface area (Å²) in [6.45, 7) is 4.31.